The maximum absolute atomic E-state index is 12.8. The Hall–Kier alpha value is -0.480. The highest BCUT2D eigenvalue weighted by Gasteiger charge is 2.37. The number of alkyl halides is 2. The Morgan fingerprint density at radius 2 is 1.86 bits per heavy atom. The van der Waals surface area contributed by atoms with E-state index in [0.717, 1.165) is 4.47 Å². The first-order valence-electron chi connectivity index (χ1n) is 3.74. The van der Waals surface area contributed by atoms with Crippen molar-refractivity contribution in [2.75, 3.05) is 0 Å². The van der Waals surface area contributed by atoms with Crippen molar-refractivity contribution in [1.29, 1.82) is 0 Å². The minimum Gasteiger partial charge on any atom is -0.274 e. The maximum Gasteiger partial charge on any atom is 0.324 e. The summed E-state index contributed by atoms with van der Waals surface area (Å²) >= 11 is 7.93. The summed E-state index contributed by atoms with van der Waals surface area (Å²) < 4.78 is 26.5. The Balaban J connectivity index is 2.79. The van der Waals surface area contributed by atoms with E-state index >= 15 is 0 Å². The number of hydrogen-bond acceptors (Lipinski definition) is 1. The number of hydrogen-bond donors (Lipinski definition) is 0. The molecule has 1 aromatic rings. The summed E-state index contributed by atoms with van der Waals surface area (Å²) in [6.07, 6.45) is -0.664. The van der Waals surface area contributed by atoms with Crippen molar-refractivity contribution in [2.45, 2.75) is 12.3 Å². The van der Waals surface area contributed by atoms with Crippen LogP contribution in [0.2, 0.25) is 0 Å². The molecule has 1 nitrogen and oxygen atoms in total. The summed E-state index contributed by atoms with van der Waals surface area (Å²) in [6, 6.07) is 6.28. The van der Waals surface area contributed by atoms with Crippen molar-refractivity contribution in [3.8, 4) is 0 Å². The van der Waals surface area contributed by atoms with Crippen LogP contribution in [-0.4, -0.2) is 11.2 Å². The fourth-order valence-corrected chi connectivity index (χ4v) is 1.26. The Bertz CT molecular complexity index is 337. The molecule has 0 radical (unpaired) electrons. The largest absolute Gasteiger partial charge is 0.324 e. The molecule has 0 bridgehead atoms. The van der Waals surface area contributed by atoms with Gasteiger partial charge >= 0.3 is 5.92 Å². The molecule has 0 spiro atoms. The highest BCUT2D eigenvalue weighted by atomic mass is 79.9. The molecule has 1 aromatic carbocycles. The fourth-order valence-electron chi connectivity index (χ4n) is 0.928. The lowest BCUT2D eigenvalue weighted by molar-refractivity contribution is -0.133. The predicted molar refractivity (Wildman–Crippen MR) is 53.7 cm³/mol. The number of carbonyl (C=O) groups excluding carboxylic acids is 1. The first-order chi connectivity index (χ1) is 6.42. The standard InChI is InChI=1S/C9H6BrClF2O/c10-7-3-1-6(2-4-7)5-9(12,13)8(11)14/h1-4H,5H2. The van der Waals surface area contributed by atoms with Gasteiger partial charge in [-0.15, -0.1) is 0 Å². The second kappa shape index (κ2) is 4.36. The molecule has 0 aliphatic heterocycles. The van der Waals surface area contributed by atoms with Crippen LogP contribution in [0.15, 0.2) is 28.7 Å². The van der Waals surface area contributed by atoms with E-state index in [1.165, 1.54) is 12.1 Å². The maximum atomic E-state index is 12.8. The normalized spacial score (nSPS) is 11.4. The van der Waals surface area contributed by atoms with Crippen LogP contribution in [0.4, 0.5) is 8.78 Å². The highest BCUT2D eigenvalue weighted by molar-refractivity contribution is 9.10. The van der Waals surface area contributed by atoms with Crippen LogP contribution >= 0.6 is 27.5 Å². The van der Waals surface area contributed by atoms with Gasteiger partial charge in [-0.1, -0.05) is 28.1 Å². The van der Waals surface area contributed by atoms with Crippen molar-refractivity contribution in [3.63, 3.8) is 0 Å². The summed E-state index contributed by atoms with van der Waals surface area (Å²) in [5, 5.41) is -1.62. The van der Waals surface area contributed by atoms with E-state index in [4.69, 9.17) is 11.6 Å². The van der Waals surface area contributed by atoms with Crippen molar-refractivity contribution >= 4 is 32.8 Å². The van der Waals surface area contributed by atoms with Crippen molar-refractivity contribution < 1.29 is 13.6 Å². The molecule has 0 unspecified atom stereocenters. The number of carbonyl (C=O) groups is 1. The minimum atomic E-state index is -3.49. The molecule has 0 amide bonds. The van der Waals surface area contributed by atoms with Gasteiger partial charge in [-0.2, -0.15) is 8.78 Å². The quantitative estimate of drug-likeness (QED) is 0.777. The number of halogens is 4. The van der Waals surface area contributed by atoms with Crippen LogP contribution in [0.3, 0.4) is 0 Å². The van der Waals surface area contributed by atoms with Crippen LogP contribution in [0.25, 0.3) is 0 Å². The van der Waals surface area contributed by atoms with Gasteiger partial charge in [0.15, 0.2) is 0 Å². The zero-order valence-electron chi connectivity index (χ0n) is 6.94. The summed E-state index contributed by atoms with van der Waals surface area (Å²) in [7, 11) is 0. The molecule has 0 aliphatic rings. The molecule has 0 fully saturated rings. The summed E-state index contributed by atoms with van der Waals surface area (Å²) in [5.74, 6) is -3.49. The number of benzene rings is 1. The lowest BCUT2D eigenvalue weighted by Crippen LogP contribution is -2.26. The molecule has 0 N–H and O–H groups in total. The molecule has 0 saturated carbocycles. The van der Waals surface area contributed by atoms with Crippen molar-refractivity contribution in [2.24, 2.45) is 0 Å². The van der Waals surface area contributed by atoms with E-state index < -0.39 is 17.6 Å². The molecule has 0 aliphatic carbocycles. The van der Waals surface area contributed by atoms with E-state index in [2.05, 4.69) is 15.9 Å². The smallest absolute Gasteiger partial charge is 0.274 e. The van der Waals surface area contributed by atoms with Gasteiger partial charge in [-0.25, -0.2) is 0 Å². The average molecular weight is 283 g/mol. The van der Waals surface area contributed by atoms with Crippen LogP contribution < -0.4 is 0 Å². The van der Waals surface area contributed by atoms with Gasteiger partial charge in [-0.05, 0) is 29.3 Å². The molecule has 0 heterocycles. The van der Waals surface area contributed by atoms with E-state index in [1.54, 1.807) is 12.1 Å². The molecule has 14 heavy (non-hydrogen) atoms. The Morgan fingerprint density at radius 1 is 1.36 bits per heavy atom. The van der Waals surface area contributed by atoms with E-state index in [1.807, 2.05) is 0 Å². The van der Waals surface area contributed by atoms with E-state index in [-0.39, 0.29) is 0 Å². The first kappa shape index (κ1) is 11.6. The topological polar surface area (TPSA) is 17.1 Å². The Kier molecular flexibility index (Phi) is 3.61. The molecular weight excluding hydrogens is 277 g/mol. The zero-order chi connectivity index (χ0) is 10.8. The second-order valence-corrected chi connectivity index (χ2v) is 4.04. The lowest BCUT2D eigenvalue weighted by atomic mass is 10.1. The predicted octanol–water partition coefficient (Wildman–Crippen LogP) is 3.39. The summed E-state index contributed by atoms with van der Waals surface area (Å²) in [6.45, 7) is 0. The second-order valence-electron chi connectivity index (χ2n) is 2.78. The molecule has 1 rings (SSSR count). The average Bonchev–Trinajstić information content (AvgIpc) is 2.08. The third-order valence-electron chi connectivity index (χ3n) is 1.63. The van der Waals surface area contributed by atoms with Crippen LogP contribution in [0, 0.1) is 0 Å². The van der Waals surface area contributed by atoms with Crippen LogP contribution in [0.5, 0.6) is 0 Å². The number of rotatable bonds is 3. The van der Waals surface area contributed by atoms with E-state index in [0.29, 0.717) is 5.56 Å². The van der Waals surface area contributed by atoms with Crippen LogP contribution in [0.1, 0.15) is 5.56 Å². The lowest BCUT2D eigenvalue weighted by Gasteiger charge is -2.10. The van der Waals surface area contributed by atoms with Gasteiger partial charge in [0, 0.05) is 10.9 Å². The molecule has 5 heteroatoms. The van der Waals surface area contributed by atoms with Gasteiger partial charge in [0.1, 0.15) is 0 Å². The molecule has 0 aromatic heterocycles. The highest BCUT2D eigenvalue weighted by Crippen LogP contribution is 2.23. The monoisotopic (exact) mass is 282 g/mol. The van der Waals surface area contributed by atoms with Crippen LogP contribution in [-0.2, 0) is 11.2 Å². The molecule has 76 valence electrons. The zero-order valence-corrected chi connectivity index (χ0v) is 9.28. The third-order valence-corrected chi connectivity index (χ3v) is 2.43. The van der Waals surface area contributed by atoms with Gasteiger partial charge in [0.05, 0.1) is 0 Å². The third kappa shape index (κ3) is 3.03. The van der Waals surface area contributed by atoms with E-state index in [9.17, 15) is 13.6 Å². The van der Waals surface area contributed by atoms with Gasteiger partial charge in [-0.3, -0.25) is 4.79 Å². The van der Waals surface area contributed by atoms with Gasteiger partial charge < -0.3 is 0 Å². The molecular formula is C9H6BrClF2O. The van der Waals surface area contributed by atoms with Crippen molar-refractivity contribution in [1.82, 2.24) is 0 Å². The Labute approximate surface area is 93.2 Å². The van der Waals surface area contributed by atoms with Crippen molar-refractivity contribution in [3.05, 3.63) is 34.3 Å². The summed E-state index contributed by atoms with van der Waals surface area (Å²) in [5.41, 5.74) is 0.368. The van der Waals surface area contributed by atoms with Gasteiger partial charge in [0.2, 0.25) is 0 Å². The first-order valence-corrected chi connectivity index (χ1v) is 4.91. The molecule has 0 atom stereocenters. The fraction of sp³-hybridized carbons (Fsp3) is 0.222. The van der Waals surface area contributed by atoms with Gasteiger partial charge in [0.25, 0.3) is 5.24 Å². The SMILES string of the molecule is O=C(Cl)C(F)(F)Cc1ccc(Br)cc1. The molecule has 0 saturated heterocycles. The minimum absolute atomic E-state index is 0.368. The summed E-state index contributed by atoms with van der Waals surface area (Å²) in [4.78, 5) is 10.3. The Morgan fingerprint density at radius 3 is 2.29 bits per heavy atom.